The van der Waals surface area contributed by atoms with Gasteiger partial charge in [-0.05, 0) is 68.5 Å². The molecule has 0 unspecified atom stereocenters. The van der Waals surface area contributed by atoms with Gasteiger partial charge >= 0.3 is 5.51 Å². The predicted octanol–water partition coefficient (Wildman–Crippen LogP) is 3.77. The summed E-state index contributed by atoms with van der Waals surface area (Å²) < 4.78 is 43.6. The molecule has 2 atom stereocenters. The number of thioether (sulfide) groups is 1. The van der Waals surface area contributed by atoms with Gasteiger partial charge in [-0.25, -0.2) is 4.52 Å². The maximum Gasteiger partial charge on any atom is 0.446 e. The van der Waals surface area contributed by atoms with Gasteiger partial charge in [0.15, 0.2) is 0 Å². The highest BCUT2D eigenvalue weighted by Gasteiger charge is 2.56. The van der Waals surface area contributed by atoms with Gasteiger partial charge in [-0.3, -0.25) is 9.48 Å². The maximum absolute atomic E-state index is 13.4. The summed E-state index contributed by atoms with van der Waals surface area (Å²) in [6.07, 6.45) is 7.32. The maximum atomic E-state index is 13.4. The molecule has 37 heavy (non-hydrogen) atoms. The van der Waals surface area contributed by atoms with Crippen LogP contribution in [0.5, 0.6) is 0 Å². The Kier molecular flexibility index (Phi) is 5.88. The highest BCUT2D eigenvalue weighted by atomic mass is 32.2. The highest BCUT2D eigenvalue weighted by Crippen LogP contribution is 2.51. The number of fused-ring (bicyclic) bond motifs is 2. The molecule has 12 heteroatoms. The highest BCUT2D eigenvalue weighted by molar-refractivity contribution is 8.00. The molecule has 0 bridgehead atoms. The van der Waals surface area contributed by atoms with Crippen LogP contribution < -0.4 is 10.6 Å². The van der Waals surface area contributed by atoms with Crippen molar-refractivity contribution in [3.05, 3.63) is 41.9 Å². The third kappa shape index (κ3) is 5.02. The van der Waals surface area contributed by atoms with Crippen molar-refractivity contribution in [1.82, 2.24) is 29.6 Å². The molecule has 4 heterocycles. The molecule has 0 spiro atoms. The van der Waals surface area contributed by atoms with Gasteiger partial charge < -0.3 is 15.5 Å². The number of hydrogen-bond donors (Lipinski definition) is 2. The van der Waals surface area contributed by atoms with Crippen LogP contribution in [0.1, 0.15) is 47.8 Å². The number of aromatic nitrogens is 4. The second-order valence-electron chi connectivity index (χ2n) is 10.1. The minimum absolute atomic E-state index is 0.0269. The Bertz CT molecular complexity index is 1420. The van der Waals surface area contributed by atoms with Crippen molar-refractivity contribution in [3.8, 4) is 11.8 Å². The van der Waals surface area contributed by atoms with Crippen molar-refractivity contribution >= 4 is 29.0 Å². The lowest BCUT2D eigenvalue weighted by Gasteiger charge is -2.30. The van der Waals surface area contributed by atoms with Crippen LogP contribution in [0.3, 0.4) is 0 Å². The van der Waals surface area contributed by atoms with Gasteiger partial charge in [-0.1, -0.05) is 12.0 Å². The van der Waals surface area contributed by atoms with Gasteiger partial charge in [0.25, 0.3) is 5.91 Å². The fourth-order valence-corrected chi connectivity index (χ4v) is 5.72. The number of carbonyl (C=O) groups is 1. The van der Waals surface area contributed by atoms with E-state index in [1.807, 2.05) is 6.07 Å². The zero-order valence-electron chi connectivity index (χ0n) is 20.2. The molecular weight excluding hydrogens is 503 g/mol. The molecule has 194 valence electrons. The Labute approximate surface area is 215 Å². The topological polar surface area (TPSA) is 79.5 Å². The number of hydrogen-bond acceptors (Lipinski definition) is 6. The van der Waals surface area contributed by atoms with Gasteiger partial charge in [-0.2, -0.15) is 23.4 Å². The Balaban J connectivity index is 1.22. The van der Waals surface area contributed by atoms with E-state index >= 15 is 0 Å². The third-order valence-corrected chi connectivity index (χ3v) is 8.08. The predicted molar refractivity (Wildman–Crippen MR) is 133 cm³/mol. The molecule has 1 saturated heterocycles. The van der Waals surface area contributed by atoms with Crippen LogP contribution in [0.2, 0.25) is 0 Å². The van der Waals surface area contributed by atoms with Crippen LogP contribution in [0.25, 0.3) is 5.52 Å². The number of carbonyl (C=O) groups excluding carboxylic acids is 1. The number of nitrogens with one attached hydrogen (secondary N) is 2. The Morgan fingerprint density at radius 2 is 2.16 bits per heavy atom. The monoisotopic (exact) mass is 529 g/mol. The van der Waals surface area contributed by atoms with E-state index in [1.54, 1.807) is 23.0 Å². The van der Waals surface area contributed by atoms with Crippen LogP contribution >= 0.6 is 11.8 Å². The first-order valence-electron chi connectivity index (χ1n) is 12.3. The Hall–Kier alpha value is -3.17. The first kappa shape index (κ1) is 24.2. The summed E-state index contributed by atoms with van der Waals surface area (Å²) in [5.41, 5.74) is -3.73. The third-order valence-electron chi connectivity index (χ3n) is 7.24. The molecule has 2 saturated carbocycles. The zero-order chi connectivity index (χ0) is 25.8. The molecule has 3 aromatic rings. The first-order chi connectivity index (χ1) is 17.7. The molecule has 0 radical (unpaired) electrons. The van der Waals surface area contributed by atoms with Gasteiger partial charge in [0.05, 0.1) is 34.8 Å². The second-order valence-corrected chi connectivity index (χ2v) is 11.1. The number of alkyl halides is 3. The summed E-state index contributed by atoms with van der Waals surface area (Å²) >= 11 is -0.218. The van der Waals surface area contributed by atoms with Crippen LogP contribution in [0.15, 0.2) is 35.5 Å². The molecule has 1 amide bonds. The van der Waals surface area contributed by atoms with Gasteiger partial charge in [-0.15, -0.1) is 0 Å². The summed E-state index contributed by atoms with van der Waals surface area (Å²) in [4.78, 5) is 14.6. The number of pyridine rings is 1. The summed E-state index contributed by atoms with van der Waals surface area (Å²) in [5.74, 6) is 6.35. The molecule has 3 aliphatic rings. The van der Waals surface area contributed by atoms with Crippen molar-refractivity contribution in [2.75, 3.05) is 32.0 Å². The molecular formula is C25H26F3N7OS. The van der Waals surface area contributed by atoms with Crippen molar-refractivity contribution in [3.63, 3.8) is 0 Å². The lowest BCUT2D eigenvalue weighted by atomic mass is 10.1. The number of likely N-dealkylation sites (tertiary alicyclic amines) is 1. The van der Waals surface area contributed by atoms with Crippen LogP contribution in [0.4, 0.5) is 19.0 Å². The second kappa shape index (κ2) is 8.99. The number of piperidine rings is 1. The largest absolute Gasteiger partial charge is 0.446 e. The molecule has 3 aromatic heterocycles. The number of halogens is 3. The molecule has 1 aliphatic heterocycles. The van der Waals surface area contributed by atoms with Gasteiger partial charge in [0.2, 0.25) is 0 Å². The summed E-state index contributed by atoms with van der Waals surface area (Å²) in [6, 6.07) is 5.56. The van der Waals surface area contributed by atoms with E-state index in [4.69, 9.17) is 0 Å². The molecule has 2 N–H and O–H groups in total. The van der Waals surface area contributed by atoms with E-state index < -0.39 is 5.51 Å². The summed E-state index contributed by atoms with van der Waals surface area (Å²) in [7, 11) is 2.10. The minimum atomic E-state index is -4.49. The summed E-state index contributed by atoms with van der Waals surface area (Å²) in [6.45, 7) is 1.94. The number of nitrogens with zero attached hydrogens (tertiary/aromatic N) is 5. The number of amides is 1. The lowest BCUT2D eigenvalue weighted by Crippen LogP contribution is -2.39. The zero-order valence-corrected chi connectivity index (χ0v) is 21.0. The molecule has 6 rings (SSSR count). The Morgan fingerprint density at radius 3 is 2.92 bits per heavy atom. The molecule has 3 fully saturated rings. The van der Waals surface area contributed by atoms with Crippen LogP contribution in [0, 0.1) is 17.8 Å². The Morgan fingerprint density at radius 1 is 1.32 bits per heavy atom. The molecule has 2 aliphatic carbocycles. The van der Waals surface area contributed by atoms with E-state index in [-0.39, 0.29) is 40.3 Å². The van der Waals surface area contributed by atoms with Gasteiger partial charge in [0.1, 0.15) is 11.5 Å². The van der Waals surface area contributed by atoms with Crippen LogP contribution in [-0.2, 0) is 0 Å². The normalized spacial score (nSPS) is 23.3. The van der Waals surface area contributed by atoms with Crippen molar-refractivity contribution in [1.29, 1.82) is 0 Å². The van der Waals surface area contributed by atoms with Gasteiger partial charge in [0, 0.05) is 24.8 Å². The van der Waals surface area contributed by atoms with Crippen molar-refractivity contribution < 1.29 is 18.0 Å². The average Bonchev–Trinajstić information content (AvgIpc) is 3.73. The SMILES string of the molecule is CN1CC[C@@]2(Nc3cccc4c(SC(F)(F)F)c(C#CCNC(=O)c5cnn(C6CC6)c5)nn34)C[C@H]2C1. The smallest absolute Gasteiger partial charge is 0.364 e. The van der Waals surface area contributed by atoms with E-state index in [9.17, 15) is 18.0 Å². The van der Waals surface area contributed by atoms with Crippen molar-refractivity contribution in [2.45, 2.75) is 47.7 Å². The molecule has 8 nitrogen and oxygen atoms in total. The quantitative estimate of drug-likeness (QED) is 0.374. The van der Waals surface area contributed by atoms with E-state index in [0.717, 1.165) is 38.8 Å². The minimum Gasteiger partial charge on any atom is -0.364 e. The fourth-order valence-electron chi connectivity index (χ4n) is 5.04. The first-order valence-corrected chi connectivity index (χ1v) is 13.1. The van der Waals surface area contributed by atoms with Crippen LogP contribution in [-0.4, -0.2) is 67.9 Å². The van der Waals surface area contributed by atoms with E-state index in [2.05, 4.69) is 44.6 Å². The molecule has 0 aromatic carbocycles. The summed E-state index contributed by atoms with van der Waals surface area (Å²) in [5, 5.41) is 14.9. The number of anilines is 1. The lowest BCUT2D eigenvalue weighted by molar-refractivity contribution is -0.0327. The standard InChI is InChI=1S/C25H26F3N7OS/c1-33-11-9-24(12-17(24)15-33)31-21-6-2-5-20-22(37-25(26,27)28)19(32-35(20)21)4-3-10-29-23(36)16-13-30-34(14-16)18-7-8-18/h2,5-6,13-14,17-18,31H,7-12,15H2,1H3,(H,29,36)/t17-,24+/m0/s1. The van der Waals surface area contributed by atoms with Crippen molar-refractivity contribution in [2.24, 2.45) is 5.92 Å². The average molecular weight is 530 g/mol. The number of rotatable bonds is 6. The fraction of sp³-hybridized carbons (Fsp3) is 0.480. The van der Waals surface area contributed by atoms with E-state index in [0.29, 0.717) is 28.9 Å². The van der Waals surface area contributed by atoms with E-state index in [1.165, 1.54) is 10.7 Å².